The Labute approximate surface area is 152 Å². The van der Waals surface area contributed by atoms with Crippen LogP contribution in [-0.4, -0.2) is 26.8 Å². The van der Waals surface area contributed by atoms with Gasteiger partial charge in [-0.3, -0.25) is 0 Å². The first-order chi connectivity index (χ1) is 11.9. The molecule has 0 N–H and O–H groups in total. The Morgan fingerprint density at radius 2 is 1.68 bits per heavy atom. The molecule has 2 aromatic rings. The molecule has 0 fully saturated rings. The topological polar surface area (TPSA) is 54.0 Å². The van der Waals surface area contributed by atoms with Crippen LogP contribution >= 0.6 is 11.6 Å². The highest BCUT2D eigenvalue weighted by Crippen LogP contribution is 2.30. The van der Waals surface area contributed by atoms with E-state index in [1.54, 1.807) is 38.5 Å². The number of benzene rings is 2. The smallest absolute Gasteiger partial charge is 0.344 e. The second kappa shape index (κ2) is 8.62. The first-order valence-corrected chi connectivity index (χ1v) is 8.08. The number of carbonyl (C=O) groups excluding carboxylic acids is 1. The Morgan fingerprint density at radius 3 is 2.32 bits per heavy atom. The summed E-state index contributed by atoms with van der Waals surface area (Å²) in [6.07, 6.45) is 0. The molecule has 6 heteroatoms. The molecule has 0 atom stereocenters. The third-order valence-corrected chi connectivity index (χ3v) is 4.14. The Kier molecular flexibility index (Phi) is 6.53. The van der Waals surface area contributed by atoms with Crippen molar-refractivity contribution in [2.75, 3.05) is 20.8 Å². The van der Waals surface area contributed by atoms with Crippen LogP contribution in [0.15, 0.2) is 30.3 Å². The Morgan fingerprint density at radius 1 is 1.00 bits per heavy atom. The van der Waals surface area contributed by atoms with Crippen molar-refractivity contribution in [2.24, 2.45) is 0 Å². The van der Waals surface area contributed by atoms with Gasteiger partial charge in [0, 0.05) is 5.02 Å². The van der Waals surface area contributed by atoms with E-state index in [0.29, 0.717) is 22.3 Å². The lowest BCUT2D eigenvalue weighted by Gasteiger charge is -2.13. The molecule has 134 valence electrons. The van der Waals surface area contributed by atoms with Crippen molar-refractivity contribution in [3.8, 4) is 17.2 Å². The number of esters is 1. The SMILES string of the molecule is COc1cc(C)c(COC(=O)COc2ccc(Cl)c(C)c2)cc1OC. The average molecular weight is 365 g/mol. The number of carbonyl (C=O) groups is 1. The number of halogens is 1. The van der Waals surface area contributed by atoms with Crippen molar-refractivity contribution in [3.63, 3.8) is 0 Å². The molecule has 0 saturated heterocycles. The molecule has 2 rings (SSSR count). The molecule has 0 aliphatic rings. The van der Waals surface area contributed by atoms with Gasteiger partial charge in [0.25, 0.3) is 0 Å². The zero-order valence-corrected chi connectivity index (χ0v) is 15.5. The maximum absolute atomic E-state index is 11.9. The van der Waals surface area contributed by atoms with Crippen LogP contribution in [-0.2, 0) is 16.1 Å². The monoisotopic (exact) mass is 364 g/mol. The number of ether oxygens (including phenoxy) is 4. The number of aryl methyl sites for hydroxylation is 2. The van der Waals surface area contributed by atoms with E-state index in [9.17, 15) is 4.79 Å². The summed E-state index contributed by atoms with van der Waals surface area (Å²) in [5.41, 5.74) is 2.67. The second-order valence-electron chi connectivity index (χ2n) is 5.49. The number of rotatable bonds is 7. The second-order valence-corrected chi connectivity index (χ2v) is 5.90. The maximum Gasteiger partial charge on any atom is 0.344 e. The van der Waals surface area contributed by atoms with Gasteiger partial charge in [-0.25, -0.2) is 4.79 Å². The van der Waals surface area contributed by atoms with Crippen LogP contribution in [0.25, 0.3) is 0 Å². The van der Waals surface area contributed by atoms with Gasteiger partial charge in [-0.05, 0) is 60.9 Å². The summed E-state index contributed by atoms with van der Waals surface area (Å²) >= 11 is 5.96. The van der Waals surface area contributed by atoms with Crippen molar-refractivity contribution in [3.05, 3.63) is 52.0 Å². The van der Waals surface area contributed by atoms with Crippen LogP contribution in [0.1, 0.15) is 16.7 Å². The Hall–Kier alpha value is -2.40. The number of hydrogen-bond acceptors (Lipinski definition) is 5. The standard InChI is InChI=1S/C19H21ClO5/c1-12-8-17(22-3)18(23-4)9-14(12)10-25-19(21)11-24-15-5-6-16(20)13(2)7-15/h5-9H,10-11H2,1-4H3. The molecule has 0 unspecified atom stereocenters. The quantitative estimate of drug-likeness (QED) is 0.692. The highest BCUT2D eigenvalue weighted by Gasteiger charge is 2.11. The van der Waals surface area contributed by atoms with E-state index < -0.39 is 5.97 Å². The molecule has 25 heavy (non-hydrogen) atoms. The minimum Gasteiger partial charge on any atom is -0.493 e. The molecule has 0 radical (unpaired) electrons. The summed E-state index contributed by atoms with van der Waals surface area (Å²) in [5, 5.41) is 0.652. The predicted molar refractivity (Wildman–Crippen MR) is 95.8 cm³/mol. The molecule has 0 spiro atoms. The van der Waals surface area contributed by atoms with Crippen molar-refractivity contribution >= 4 is 17.6 Å². The summed E-state index contributed by atoms with van der Waals surface area (Å²) in [5.74, 6) is 1.34. The van der Waals surface area contributed by atoms with Gasteiger partial charge in [0.2, 0.25) is 0 Å². The molecule has 5 nitrogen and oxygen atoms in total. The van der Waals surface area contributed by atoms with Gasteiger partial charge in [0.1, 0.15) is 12.4 Å². The van der Waals surface area contributed by atoms with Gasteiger partial charge >= 0.3 is 5.97 Å². The molecule has 0 aliphatic heterocycles. The summed E-state index contributed by atoms with van der Waals surface area (Å²) in [6, 6.07) is 8.85. The summed E-state index contributed by atoms with van der Waals surface area (Å²) in [4.78, 5) is 11.9. The number of methoxy groups -OCH3 is 2. The minimum absolute atomic E-state index is 0.133. The third kappa shape index (κ3) is 5.03. The number of hydrogen-bond donors (Lipinski definition) is 0. The molecule has 2 aromatic carbocycles. The fourth-order valence-electron chi connectivity index (χ4n) is 2.23. The molecule has 0 aromatic heterocycles. The van der Waals surface area contributed by atoms with Gasteiger partial charge < -0.3 is 18.9 Å². The van der Waals surface area contributed by atoms with Crippen molar-refractivity contribution in [1.82, 2.24) is 0 Å². The van der Waals surface area contributed by atoms with E-state index in [-0.39, 0.29) is 13.2 Å². The van der Waals surface area contributed by atoms with Crippen molar-refractivity contribution < 1.29 is 23.7 Å². The van der Waals surface area contributed by atoms with Crippen molar-refractivity contribution in [2.45, 2.75) is 20.5 Å². The molecule has 0 saturated carbocycles. The molecular formula is C19H21ClO5. The first kappa shape index (κ1) is 18.9. The van der Waals surface area contributed by atoms with Gasteiger partial charge in [-0.2, -0.15) is 0 Å². The van der Waals surface area contributed by atoms with Crippen LogP contribution in [0.4, 0.5) is 0 Å². The predicted octanol–water partition coefficient (Wildman–Crippen LogP) is 4.10. The Bertz CT molecular complexity index is 758. The highest BCUT2D eigenvalue weighted by molar-refractivity contribution is 6.31. The molecule has 0 amide bonds. The Balaban J connectivity index is 1.92. The molecular weight excluding hydrogens is 344 g/mol. The lowest BCUT2D eigenvalue weighted by molar-refractivity contribution is -0.147. The molecule has 0 aliphatic carbocycles. The average Bonchev–Trinajstić information content (AvgIpc) is 2.61. The van der Waals surface area contributed by atoms with Crippen LogP contribution in [0, 0.1) is 13.8 Å². The molecule has 0 bridgehead atoms. The first-order valence-electron chi connectivity index (χ1n) is 7.70. The van der Waals surface area contributed by atoms with Crippen molar-refractivity contribution in [1.29, 1.82) is 0 Å². The van der Waals surface area contributed by atoms with Crippen LogP contribution < -0.4 is 14.2 Å². The van der Waals surface area contributed by atoms with Crippen LogP contribution in [0.3, 0.4) is 0 Å². The van der Waals surface area contributed by atoms with Gasteiger partial charge in [-0.1, -0.05) is 11.6 Å². The zero-order valence-electron chi connectivity index (χ0n) is 14.7. The summed E-state index contributed by atoms with van der Waals surface area (Å²) in [7, 11) is 3.14. The van der Waals surface area contributed by atoms with E-state index in [2.05, 4.69) is 0 Å². The van der Waals surface area contributed by atoms with Crippen LogP contribution in [0.2, 0.25) is 5.02 Å². The summed E-state index contributed by atoms with van der Waals surface area (Å²) < 4.78 is 21.2. The lowest BCUT2D eigenvalue weighted by Crippen LogP contribution is -2.15. The maximum atomic E-state index is 11.9. The fraction of sp³-hybridized carbons (Fsp3) is 0.316. The van der Waals surface area contributed by atoms with E-state index in [1.807, 2.05) is 19.9 Å². The van der Waals surface area contributed by atoms with E-state index in [1.165, 1.54) is 0 Å². The van der Waals surface area contributed by atoms with E-state index >= 15 is 0 Å². The minimum atomic E-state index is -0.457. The van der Waals surface area contributed by atoms with E-state index in [0.717, 1.165) is 16.7 Å². The van der Waals surface area contributed by atoms with Crippen LogP contribution in [0.5, 0.6) is 17.2 Å². The van der Waals surface area contributed by atoms with Gasteiger partial charge in [0.15, 0.2) is 18.1 Å². The largest absolute Gasteiger partial charge is 0.493 e. The third-order valence-electron chi connectivity index (χ3n) is 3.72. The lowest BCUT2D eigenvalue weighted by atomic mass is 10.1. The normalized spacial score (nSPS) is 10.3. The van der Waals surface area contributed by atoms with Gasteiger partial charge in [0.05, 0.1) is 14.2 Å². The van der Waals surface area contributed by atoms with Gasteiger partial charge in [-0.15, -0.1) is 0 Å². The fourth-order valence-corrected chi connectivity index (χ4v) is 2.34. The van der Waals surface area contributed by atoms with E-state index in [4.69, 9.17) is 30.5 Å². The zero-order chi connectivity index (χ0) is 18.4. The molecule has 0 heterocycles. The summed E-state index contributed by atoms with van der Waals surface area (Å²) in [6.45, 7) is 3.74. The highest BCUT2D eigenvalue weighted by atomic mass is 35.5.